The summed E-state index contributed by atoms with van der Waals surface area (Å²) < 4.78 is 7.40. The SMILES string of the molecule is CCn1c(C#Cc2ccccn2)c(N)c2ccc(OC)cc21. The molecule has 0 aliphatic carbocycles. The zero-order valence-corrected chi connectivity index (χ0v) is 12.6. The third-order valence-electron chi connectivity index (χ3n) is 3.60. The van der Waals surface area contributed by atoms with Gasteiger partial charge in [-0.2, -0.15) is 0 Å². The van der Waals surface area contributed by atoms with Crippen molar-refractivity contribution in [2.45, 2.75) is 13.5 Å². The summed E-state index contributed by atoms with van der Waals surface area (Å²) in [5.74, 6) is 7.04. The first-order chi connectivity index (χ1) is 10.7. The van der Waals surface area contributed by atoms with Crippen molar-refractivity contribution < 1.29 is 4.74 Å². The number of aromatic nitrogens is 2. The van der Waals surface area contributed by atoms with Gasteiger partial charge in [-0.05, 0) is 43.0 Å². The highest BCUT2D eigenvalue weighted by Gasteiger charge is 2.13. The average molecular weight is 291 g/mol. The Labute approximate surface area is 129 Å². The summed E-state index contributed by atoms with van der Waals surface area (Å²) in [5, 5.41) is 0.993. The fourth-order valence-corrected chi connectivity index (χ4v) is 2.51. The molecule has 0 amide bonds. The van der Waals surface area contributed by atoms with Crippen LogP contribution >= 0.6 is 0 Å². The molecule has 2 aromatic heterocycles. The van der Waals surface area contributed by atoms with Gasteiger partial charge in [-0.25, -0.2) is 4.98 Å². The van der Waals surface area contributed by atoms with Crippen molar-refractivity contribution in [3.63, 3.8) is 0 Å². The number of hydrogen-bond acceptors (Lipinski definition) is 3. The zero-order chi connectivity index (χ0) is 15.5. The maximum atomic E-state index is 6.29. The van der Waals surface area contributed by atoms with E-state index >= 15 is 0 Å². The lowest BCUT2D eigenvalue weighted by Crippen LogP contribution is -1.99. The smallest absolute Gasteiger partial charge is 0.120 e. The molecule has 110 valence electrons. The van der Waals surface area contributed by atoms with Crippen LogP contribution in [0.3, 0.4) is 0 Å². The van der Waals surface area contributed by atoms with Crippen LogP contribution in [-0.4, -0.2) is 16.7 Å². The predicted octanol–water partition coefficient (Wildman–Crippen LogP) is 3.05. The molecular formula is C18H17N3O. The van der Waals surface area contributed by atoms with Crippen LogP contribution in [0.5, 0.6) is 5.75 Å². The molecule has 0 aliphatic heterocycles. The van der Waals surface area contributed by atoms with Crippen molar-refractivity contribution >= 4 is 16.6 Å². The summed E-state index contributed by atoms with van der Waals surface area (Å²) in [5.41, 5.74) is 9.56. The maximum absolute atomic E-state index is 6.29. The number of benzene rings is 1. The first-order valence-corrected chi connectivity index (χ1v) is 7.13. The Morgan fingerprint density at radius 3 is 2.77 bits per heavy atom. The normalized spacial score (nSPS) is 10.3. The Bertz CT molecular complexity index is 870. The highest BCUT2D eigenvalue weighted by molar-refractivity contribution is 5.96. The molecule has 1 aromatic carbocycles. The number of pyridine rings is 1. The fraction of sp³-hybridized carbons (Fsp3) is 0.167. The third-order valence-corrected chi connectivity index (χ3v) is 3.60. The molecular weight excluding hydrogens is 274 g/mol. The monoisotopic (exact) mass is 291 g/mol. The number of hydrogen-bond donors (Lipinski definition) is 1. The van der Waals surface area contributed by atoms with E-state index in [2.05, 4.69) is 28.3 Å². The first kappa shape index (κ1) is 14.0. The minimum Gasteiger partial charge on any atom is -0.497 e. The van der Waals surface area contributed by atoms with Gasteiger partial charge in [0.2, 0.25) is 0 Å². The van der Waals surface area contributed by atoms with Crippen LogP contribution in [0.4, 0.5) is 5.69 Å². The second-order valence-corrected chi connectivity index (χ2v) is 4.85. The van der Waals surface area contributed by atoms with Crippen LogP contribution < -0.4 is 10.5 Å². The lowest BCUT2D eigenvalue weighted by molar-refractivity contribution is 0.415. The van der Waals surface area contributed by atoms with Crippen LogP contribution in [0.2, 0.25) is 0 Å². The Hall–Kier alpha value is -2.93. The van der Waals surface area contributed by atoms with Gasteiger partial charge in [-0.15, -0.1) is 0 Å². The molecule has 4 heteroatoms. The van der Waals surface area contributed by atoms with Gasteiger partial charge in [-0.3, -0.25) is 0 Å². The second kappa shape index (κ2) is 5.82. The number of ether oxygens (including phenoxy) is 1. The number of aryl methyl sites for hydroxylation is 1. The second-order valence-electron chi connectivity index (χ2n) is 4.85. The van der Waals surface area contributed by atoms with Crippen LogP contribution in [0.1, 0.15) is 18.3 Å². The van der Waals surface area contributed by atoms with Crippen molar-refractivity contribution in [3.05, 3.63) is 54.0 Å². The zero-order valence-electron chi connectivity index (χ0n) is 12.6. The topological polar surface area (TPSA) is 53.1 Å². The van der Waals surface area contributed by atoms with Gasteiger partial charge < -0.3 is 15.0 Å². The molecule has 0 radical (unpaired) electrons. The van der Waals surface area contributed by atoms with Gasteiger partial charge in [0.25, 0.3) is 0 Å². The van der Waals surface area contributed by atoms with E-state index in [1.165, 1.54) is 0 Å². The highest BCUT2D eigenvalue weighted by atomic mass is 16.5. The van der Waals surface area contributed by atoms with E-state index in [0.717, 1.165) is 34.6 Å². The quantitative estimate of drug-likeness (QED) is 0.738. The molecule has 0 unspecified atom stereocenters. The van der Waals surface area contributed by atoms with Crippen molar-refractivity contribution in [1.82, 2.24) is 9.55 Å². The van der Waals surface area contributed by atoms with Crippen LogP contribution in [-0.2, 0) is 6.54 Å². The Morgan fingerprint density at radius 2 is 2.09 bits per heavy atom. The van der Waals surface area contributed by atoms with Gasteiger partial charge in [0.1, 0.15) is 17.1 Å². The lowest BCUT2D eigenvalue weighted by atomic mass is 10.2. The molecule has 0 saturated carbocycles. The van der Waals surface area contributed by atoms with E-state index < -0.39 is 0 Å². The molecule has 0 saturated heterocycles. The lowest BCUT2D eigenvalue weighted by Gasteiger charge is -2.04. The fourth-order valence-electron chi connectivity index (χ4n) is 2.51. The van der Waals surface area contributed by atoms with Crippen LogP contribution in [0.15, 0.2) is 42.6 Å². The molecule has 0 bridgehead atoms. The summed E-state index contributed by atoms with van der Waals surface area (Å²) in [7, 11) is 1.66. The minimum absolute atomic E-state index is 0.697. The molecule has 4 nitrogen and oxygen atoms in total. The Kier molecular flexibility index (Phi) is 3.71. The van der Waals surface area contributed by atoms with Gasteiger partial charge >= 0.3 is 0 Å². The number of nitrogen functional groups attached to an aromatic ring is 1. The standard InChI is InChI=1S/C18H17N3O/c1-3-21-16(10-7-13-6-4-5-11-20-13)18(19)15-9-8-14(22-2)12-17(15)21/h4-6,8-9,11-12H,3,19H2,1-2H3. The third kappa shape index (κ3) is 2.38. The van der Waals surface area contributed by atoms with Gasteiger partial charge in [-0.1, -0.05) is 6.07 Å². The summed E-state index contributed by atoms with van der Waals surface area (Å²) in [4.78, 5) is 4.22. The average Bonchev–Trinajstić information content (AvgIpc) is 2.84. The van der Waals surface area contributed by atoms with E-state index in [1.54, 1.807) is 13.3 Å². The molecule has 2 heterocycles. The van der Waals surface area contributed by atoms with E-state index in [0.29, 0.717) is 5.69 Å². The van der Waals surface area contributed by atoms with Crippen LogP contribution in [0, 0.1) is 11.8 Å². The molecule has 22 heavy (non-hydrogen) atoms. The largest absolute Gasteiger partial charge is 0.497 e. The van der Waals surface area contributed by atoms with Crippen molar-refractivity contribution in [1.29, 1.82) is 0 Å². The molecule has 0 atom stereocenters. The predicted molar refractivity (Wildman–Crippen MR) is 88.8 cm³/mol. The highest BCUT2D eigenvalue weighted by Crippen LogP contribution is 2.31. The Morgan fingerprint density at radius 1 is 1.23 bits per heavy atom. The minimum atomic E-state index is 0.697. The number of rotatable bonds is 2. The van der Waals surface area contributed by atoms with Crippen LogP contribution in [0.25, 0.3) is 10.9 Å². The number of nitrogens with zero attached hydrogens (tertiary/aromatic N) is 2. The summed E-state index contributed by atoms with van der Waals surface area (Å²) in [6.07, 6.45) is 1.73. The number of anilines is 1. The van der Waals surface area contributed by atoms with E-state index in [1.807, 2.05) is 36.4 Å². The number of methoxy groups -OCH3 is 1. The van der Waals surface area contributed by atoms with Gasteiger partial charge in [0, 0.05) is 24.2 Å². The van der Waals surface area contributed by atoms with Crippen molar-refractivity contribution in [2.24, 2.45) is 0 Å². The molecule has 3 aromatic rings. The van der Waals surface area contributed by atoms with E-state index in [4.69, 9.17) is 10.5 Å². The number of nitrogens with two attached hydrogens (primary N) is 1. The molecule has 0 spiro atoms. The van der Waals surface area contributed by atoms with E-state index in [-0.39, 0.29) is 0 Å². The summed E-state index contributed by atoms with van der Waals surface area (Å²) in [6.45, 7) is 2.86. The van der Waals surface area contributed by atoms with Gasteiger partial charge in [0.15, 0.2) is 0 Å². The molecule has 3 rings (SSSR count). The summed E-state index contributed by atoms with van der Waals surface area (Å²) >= 11 is 0. The molecule has 2 N–H and O–H groups in total. The maximum Gasteiger partial charge on any atom is 0.120 e. The number of fused-ring (bicyclic) bond motifs is 1. The summed E-state index contributed by atoms with van der Waals surface area (Å²) in [6, 6.07) is 11.5. The molecule has 0 aliphatic rings. The first-order valence-electron chi connectivity index (χ1n) is 7.13. The van der Waals surface area contributed by atoms with Crippen molar-refractivity contribution in [2.75, 3.05) is 12.8 Å². The van der Waals surface area contributed by atoms with Crippen molar-refractivity contribution in [3.8, 4) is 17.6 Å². The Balaban J connectivity index is 2.17. The van der Waals surface area contributed by atoms with E-state index in [9.17, 15) is 0 Å². The van der Waals surface area contributed by atoms with Gasteiger partial charge in [0.05, 0.1) is 18.3 Å². The molecule has 0 fully saturated rings.